The molecule has 1 atom stereocenters. The molecule has 2 aromatic rings. The van der Waals surface area contributed by atoms with Gasteiger partial charge in [0.1, 0.15) is 0 Å². The zero-order valence-corrected chi connectivity index (χ0v) is 17.3. The molecule has 2 heterocycles. The Hall–Kier alpha value is -3.15. The highest BCUT2D eigenvalue weighted by Crippen LogP contribution is 2.27. The number of aryl methyl sites for hydroxylation is 1. The van der Waals surface area contributed by atoms with E-state index in [0.717, 1.165) is 30.6 Å². The normalized spacial score (nSPS) is 18.9. The Kier molecular flexibility index (Phi) is 5.84. The number of anilines is 2. The zero-order valence-electron chi connectivity index (χ0n) is 17.3. The van der Waals surface area contributed by atoms with Crippen LogP contribution in [-0.2, 0) is 27.3 Å². The number of carbonyl (C=O) groups is 3. The van der Waals surface area contributed by atoms with Crippen LogP contribution >= 0.6 is 0 Å². The Morgan fingerprint density at radius 1 is 1.07 bits per heavy atom. The average molecular weight is 405 g/mol. The number of rotatable bonds is 6. The fourth-order valence-electron chi connectivity index (χ4n) is 4.13. The molecule has 2 aliphatic heterocycles. The minimum atomic E-state index is -0.382. The van der Waals surface area contributed by atoms with Gasteiger partial charge in [-0.25, -0.2) is 0 Å². The quantitative estimate of drug-likeness (QED) is 0.801. The Labute approximate surface area is 176 Å². The van der Waals surface area contributed by atoms with Gasteiger partial charge in [-0.2, -0.15) is 0 Å². The molecule has 30 heavy (non-hydrogen) atoms. The van der Waals surface area contributed by atoms with Gasteiger partial charge < -0.3 is 15.1 Å². The van der Waals surface area contributed by atoms with Crippen molar-refractivity contribution in [3.05, 3.63) is 59.7 Å². The molecule has 0 aliphatic carbocycles. The van der Waals surface area contributed by atoms with Crippen molar-refractivity contribution in [2.45, 2.75) is 39.2 Å². The summed E-state index contributed by atoms with van der Waals surface area (Å²) < 4.78 is 0. The third-order valence-corrected chi connectivity index (χ3v) is 5.89. The van der Waals surface area contributed by atoms with Crippen LogP contribution in [-0.4, -0.2) is 35.7 Å². The highest BCUT2D eigenvalue weighted by atomic mass is 16.2. The van der Waals surface area contributed by atoms with E-state index in [1.165, 1.54) is 5.56 Å². The number of amides is 3. The zero-order chi connectivity index (χ0) is 21.1. The van der Waals surface area contributed by atoms with E-state index in [2.05, 4.69) is 12.2 Å². The van der Waals surface area contributed by atoms with Crippen LogP contribution in [0.4, 0.5) is 11.4 Å². The first-order chi connectivity index (χ1) is 14.5. The molecule has 6 nitrogen and oxygen atoms in total. The molecule has 156 valence electrons. The molecule has 0 bridgehead atoms. The topological polar surface area (TPSA) is 69.7 Å². The maximum atomic E-state index is 12.8. The van der Waals surface area contributed by atoms with E-state index in [1.807, 2.05) is 53.4 Å². The van der Waals surface area contributed by atoms with Gasteiger partial charge in [-0.3, -0.25) is 14.4 Å². The molecule has 4 rings (SSSR count). The van der Waals surface area contributed by atoms with Gasteiger partial charge in [0.05, 0.1) is 5.92 Å². The molecule has 0 aromatic heterocycles. The monoisotopic (exact) mass is 405 g/mol. The van der Waals surface area contributed by atoms with Crippen molar-refractivity contribution < 1.29 is 14.4 Å². The van der Waals surface area contributed by atoms with Crippen molar-refractivity contribution in [3.63, 3.8) is 0 Å². The summed E-state index contributed by atoms with van der Waals surface area (Å²) in [6.45, 7) is 3.83. The number of benzene rings is 2. The summed E-state index contributed by atoms with van der Waals surface area (Å²) in [7, 11) is 0. The summed E-state index contributed by atoms with van der Waals surface area (Å²) in [5.74, 6) is -0.376. The summed E-state index contributed by atoms with van der Waals surface area (Å²) in [5.41, 5.74) is 3.74. The summed E-state index contributed by atoms with van der Waals surface area (Å²) in [4.78, 5) is 40.7. The average Bonchev–Trinajstić information content (AvgIpc) is 3.34. The molecule has 0 spiro atoms. The van der Waals surface area contributed by atoms with Crippen LogP contribution in [0, 0.1) is 5.92 Å². The molecule has 2 aromatic carbocycles. The highest BCUT2D eigenvalue weighted by molar-refractivity contribution is 6.03. The maximum Gasteiger partial charge on any atom is 0.229 e. The van der Waals surface area contributed by atoms with Gasteiger partial charge in [-0.05, 0) is 48.2 Å². The second-order valence-corrected chi connectivity index (χ2v) is 8.03. The largest absolute Gasteiger partial charge is 0.338 e. The fourth-order valence-corrected chi connectivity index (χ4v) is 4.13. The molecule has 2 aliphatic rings. The van der Waals surface area contributed by atoms with Gasteiger partial charge in [0, 0.05) is 43.9 Å². The predicted octanol–water partition coefficient (Wildman–Crippen LogP) is 3.36. The second kappa shape index (κ2) is 8.69. The number of carbonyl (C=O) groups excluding carboxylic acids is 3. The van der Waals surface area contributed by atoms with E-state index >= 15 is 0 Å². The number of nitrogens with one attached hydrogen (secondary N) is 1. The lowest BCUT2D eigenvalue weighted by atomic mass is 10.1. The first-order valence-corrected chi connectivity index (χ1v) is 10.6. The van der Waals surface area contributed by atoms with E-state index in [0.29, 0.717) is 25.2 Å². The molecule has 2 fully saturated rings. The first-order valence-electron chi connectivity index (χ1n) is 10.6. The lowest BCUT2D eigenvalue weighted by Gasteiger charge is -2.18. The van der Waals surface area contributed by atoms with Crippen molar-refractivity contribution >= 4 is 29.1 Å². The van der Waals surface area contributed by atoms with Crippen LogP contribution in [0.25, 0.3) is 0 Å². The van der Waals surface area contributed by atoms with Gasteiger partial charge in [-0.15, -0.1) is 0 Å². The molecule has 6 heteroatoms. The van der Waals surface area contributed by atoms with Gasteiger partial charge in [0.25, 0.3) is 0 Å². The summed E-state index contributed by atoms with van der Waals surface area (Å²) in [6.07, 6.45) is 2.68. The van der Waals surface area contributed by atoms with E-state index in [9.17, 15) is 14.4 Å². The van der Waals surface area contributed by atoms with Crippen LogP contribution in [0.3, 0.4) is 0 Å². The molecular formula is C24H27N3O3. The van der Waals surface area contributed by atoms with E-state index < -0.39 is 0 Å². The molecule has 0 radical (unpaired) electrons. The van der Waals surface area contributed by atoms with Crippen molar-refractivity contribution in [2.75, 3.05) is 23.3 Å². The van der Waals surface area contributed by atoms with Crippen LogP contribution < -0.4 is 10.2 Å². The number of likely N-dealkylation sites (tertiary alicyclic amines) is 1. The molecular weight excluding hydrogens is 378 g/mol. The van der Waals surface area contributed by atoms with Crippen molar-refractivity contribution in [1.29, 1.82) is 0 Å². The summed E-state index contributed by atoms with van der Waals surface area (Å²) in [6, 6.07) is 15.5. The third kappa shape index (κ3) is 4.37. The van der Waals surface area contributed by atoms with E-state index in [-0.39, 0.29) is 30.1 Å². The van der Waals surface area contributed by atoms with Crippen molar-refractivity contribution in [3.8, 4) is 0 Å². The Morgan fingerprint density at radius 2 is 1.87 bits per heavy atom. The molecule has 2 saturated heterocycles. The predicted molar refractivity (Wildman–Crippen MR) is 116 cm³/mol. The van der Waals surface area contributed by atoms with Gasteiger partial charge in [0.15, 0.2) is 0 Å². The van der Waals surface area contributed by atoms with Crippen LogP contribution in [0.2, 0.25) is 0 Å². The molecule has 1 unspecified atom stereocenters. The lowest BCUT2D eigenvalue weighted by Crippen LogP contribution is -2.28. The molecule has 0 saturated carbocycles. The van der Waals surface area contributed by atoms with Gasteiger partial charge >= 0.3 is 0 Å². The first kappa shape index (κ1) is 20.1. The smallest absolute Gasteiger partial charge is 0.229 e. The van der Waals surface area contributed by atoms with Crippen molar-refractivity contribution in [1.82, 2.24) is 4.90 Å². The minimum Gasteiger partial charge on any atom is -0.338 e. The van der Waals surface area contributed by atoms with Crippen LogP contribution in [0.1, 0.15) is 37.3 Å². The Bertz CT molecular complexity index is 954. The molecule has 3 amide bonds. The molecule has 1 N–H and O–H groups in total. The maximum absolute atomic E-state index is 12.8. The number of hydrogen-bond acceptors (Lipinski definition) is 3. The number of hydrogen-bond donors (Lipinski definition) is 1. The van der Waals surface area contributed by atoms with Gasteiger partial charge in [-0.1, -0.05) is 31.2 Å². The fraction of sp³-hybridized carbons (Fsp3) is 0.375. The van der Waals surface area contributed by atoms with Crippen molar-refractivity contribution in [2.24, 2.45) is 5.92 Å². The Morgan fingerprint density at radius 3 is 2.57 bits per heavy atom. The standard InChI is InChI=1S/C24H27N3O3/c1-2-17-8-10-21(11-9-17)27-16-19(14-23(27)29)24(30)25-20-6-3-5-18(13-20)15-26-12-4-7-22(26)28/h3,5-6,8-11,13,19H,2,4,7,12,14-16H2,1H3,(H,25,30). The van der Waals surface area contributed by atoms with Crippen LogP contribution in [0.15, 0.2) is 48.5 Å². The van der Waals surface area contributed by atoms with E-state index in [1.54, 1.807) is 4.90 Å². The highest BCUT2D eigenvalue weighted by Gasteiger charge is 2.35. The SMILES string of the molecule is CCc1ccc(N2CC(C(=O)Nc3cccc(CN4CCCC4=O)c3)CC2=O)cc1. The number of nitrogens with zero attached hydrogens (tertiary/aromatic N) is 2. The lowest BCUT2D eigenvalue weighted by molar-refractivity contribution is -0.128. The van der Waals surface area contributed by atoms with Crippen LogP contribution in [0.5, 0.6) is 0 Å². The summed E-state index contributed by atoms with van der Waals surface area (Å²) in [5, 5.41) is 2.95. The van der Waals surface area contributed by atoms with E-state index in [4.69, 9.17) is 0 Å². The third-order valence-electron chi connectivity index (χ3n) is 5.89. The minimum absolute atomic E-state index is 0.0271. The Balaban J connectivity index is 1.38. The summed E-state index contributed by atoms with van der Waals surface area (Å²) >= 11 is 0. The van der Waals surface area contributed by atoms with Gasteiger partial charge in [0.2, 0.25) is 17.7 Å². The second-order valence-electron chi connectivity index (χ2n) is 8.03.